The molecule has 23 heavy (non-hydrogen) atoms. The van der Waals surface area contributed by atoms with Crippen molar-refractivity contribution in [2.75, 3.05) is 7.11 Å². The van der Waals surface area contributed by atoms with Crippen molar-refractivity contribution in [1.29, 1.82) is 5.26 Å². The van der Waals surface area contributed by atoms with Crippen LogP contribution in [0.25, 0.3) is 0 Å². The van der Waals surface area contributed by atoms with Crippen molar-refractivity contribution in [2.45, 2.75) is 18.3 Å². The third-order valence-corrected chi connectivity index (χ3v) is 4.09. The van der Waals surface area contributed by atoms with Gasteiger partial charge in [-0.2, -0.15) is 5.26 Å². The number of nitriles is 1. The lowest BCUT2D eigenvalue weighted by molar-refractivity contribution is -0.141. The van der Waals surface area contributed by atoms with Gasteiger partial charge < -0.3 is 4.74 Å². The van der Waals surface area contributed by atoms with Crippen LogP contribution in [0.1, 0.15) is 29.4 Å². The van der Waals surface area contributed by atoms with Gasteiger partial charge in [0.25, 0.3) is 0 Å². The molecule has 118 valence electrons. The summed E-state index contributed by atoms with van der Waals surface area (Å²) in [5, 5.41) is 9.63. The van der Waals surface area contributed by atoms with Gasteiger partial charge in [0.05, 0.1) is 25.5 Å². The van der Waals surface area contributed by atoms with E-state index >= 15 is 0 Å². The minimum absolute atomic E-state index is 0.000482. The Kier molecular flexibility index (Phi) is 5.89. The Hall–Kier alpha value is -2.19. The fraction of sp³-hybridized carbons (Fsp3) is 0.222. The first-order valence-electron chi connectivity index (χ1n) is 7.02. The Balaban J connectivity index is 2.48. The monoisotopic (exact) mass is 375 g/mol. The molecule has 3 nitrogen and oxygen atoms in total. The first-order valence-corrected chi connectivity index (χ1v) is 7.81. The quantitative estimate of drug-likeness (QED) is 0.720. The van der Waals surface area contributed by atoms with E-state index in [-0.39, 0.29) is 6.42 Å². The summed E-state index contributed by atoms with van der Waals surface area (Å²) in [6.07, 6.45) is -0.000482. The lowest BCUT2D eigenvalue weighted by Crippen LogP contribution is -2.16. The van der Waals surface area contributed by atoms with Gasteiger partial charge in [0.15, 0.2) is 0 Å². The molecule has 0 amide bonds. The van der Waals surface area contributed by atoms with E-state index < -0.39 is 23.6 Å². The van der Waals surface area contributed by atoms with E-state index in [1.165, 1.54) is 19.2 Å². The van der Waals surface area contributed by atoms with Gasteiger partial charge in [-0.15, -0.1) is 0 Å². The molecular weight excluding hydrogens is 361 g/mol. The molecule has 2 unspecified atom stereocenters. The van der Waals surface area contributed by atoms with Gasteiger partial charge in [0.1, 0.15) is 5.82 Å². The van der Waals surface area contributed by atoms with E-state index in [0.717, 1.165) is 5.56 Å². The highest BCUT2D eigenvalue weighted by Gasteiger charge is 2.28. The maximum Gasteiger partial charge on any atom is 0.306 e. The molecule has 2 aromatic carbocycles. The number of halogens is 2. The van der Waals surface area contributed by atoms with E-state index in [9.17, 15) is 14.4 Å². The Labute approximate surface area is 142 Å². The number of hydrogen-bond donors (Lipinski definition) is 0. The first kappa shape index (κ1) is 17.2. The highest BCUT2D eigenvalue weighted by Crippen LogP contribution is 2.37. The van der Waals surface area contributed by atoms with Crippen LogP contribution in [0.15, 0.2) is 53.0 Å². The van der Waals surface area contributed by atoms with E-state index in [1.807, 2.05) is 30.3 Å². The highest BCUT2D eigenvalue weighted by molar-refractivity contribution is 9.10. The van der Waals surface area contributed by atoms with E-state index in [2.05, 4.69) is 22.0 Å². The number of carbonyl (C=O) groups is 1. The second-order valence-corrected chi connectivity index (χ2v) is 6.02. The third-order valence-electron chi connectivity index (χ3n) is 3.63. The average molecular weight is 376 g/mol. The molecule has 0 heterocycles. The fourth-order valence-electron chi connectivity index (χ4n) is 2.54. The molecule has 0 radical (unpaired) electrons. The summed E-state index contributed by atoms with van der Waals surface area (Å²) in [7, 11) is 1.30. The van der Waals surface area contributed by atoms with Crippen LogP contribution in [0, 0.1) is 17.1 Å². The lowest BCUT2D eigenvalue weighted by Gasteiger charge is -2.22. The molecular formula is C18H15BrFNO2. The lowest BCUT2D eigenvalue weighted by atomic mass is 9.80. The van der Waals surface area contributed by atoms with Crippen molar-refractivity contribution < 1.29 is 13.9 Å². The standard InChI is InChI=1S/C18H15BrFNO2/c1-23-18(22)10-16(13-7-14(19)9-15(20)8-13)17(11-21)12-5-3-2-4-6-12/h2-9,16-17H,10H2,1H3. The molecule has 0 spiro atoms. The Morgan fingerprint density at radius 1 is 1.26 bits per heavy atom. The molecule has 0 fully saturated rings. The summed E-state index contributed by atoms with van der Waals surface area (Å²) in [6, 6.07) is 15.8. The number of nitrogens with zero attached hydrogens (tertiary/aromatic N) is 1. The van der Waals surface area contributed by atoms with Crippen molar-refractivity contribution in [3.63, 3.8) is 0 Å². The summed E-state index contributed by atoms with van der Waals surface area (Å²) in [5.74, 6) is -1.94. The van der Waals surface area contributed by atoms with Crippen molar-refractivity contribution in [1.82, 2.24) is 0 Å². The predicted octanol–water partition coefficient (Wildman–Crippen LogP) is 4.54. The number of rotatable bonds is 5. The molecule has 0 saturated carbocycles. The third kappa shape index (κ3) is 4.40. The van der Waals surface area contributed by atoms with Crippen molar-refractivity contribution in [2.24, 2.45) is 0 Å². The Morgan fingerprint density at radius 3 is 2.52 bits per heavy atom. The summed E-state index contributed by atoms with van der Waals surface area (Å²) >= 11 is 3.25. The van der Waals surface area contributed by atoms with Gasteiger partial charge in [0, 0.05) is 10.4 Å². The zero-order chi connectivity index (χ0) is 16.8. The van der Waals surface area contributed by atoms with Gasteiger partial charge in [-0.3, -0.25) is 4.79 Å². The largest absolute Gasteiger partial charge is 0.469 e. The van der Waals surface area contributed by atoms with Crippen molar-refractivity contribution in [3.8, 4) is 6.07 Å². The Bertz CT molecular complexity index is 707. The number of methoxy groups -OCH3 is 1. The maximum absolute atomic E-state index is 13.7. The van der Waals surface area contributed by atoms with Crippen LogP contribution in [0.5, 0.6) is 0 Å². The first-order chi connectivity index (χ1) is 11.0. The van der Waals surface area contributed by atoms with E-state index in [1.54, 1.807) is 6.07 Å². The van der Waals surface area contributed by atoms with Gasteiger partial charge in [0.2, 0.25) is 0 Å². The molecule has 0 aliphatic rings. The van der Waals surface area contributed by atoms with Gasteiger partial charge in [-0.25, -0.2) is 4.39 Å². The van der Waals surface area contributed by atoms with Crippen LogP contribution < -0.4 is 0 Å². The van der Waals surface area contributed by atoms with Gasteiger partial charge in [-0.1, -0.05) is 46.3 Å². The zero-order valence-electron chi connectivity index (χ0n) is 12.5. The summed E-state index contributed by atoms with van der Waals surface area (Å²) in [4.78, 5) is 11.8. The molecule has 2 aromatic rings. The Morgan fingerprint density at radius 2 is 1.96 bits per heavy atom. The second-order valence-electron chi connectivity index (χ2n) is 5.11. The molecule has 0 aromatic heterocycles. The molecule has 2 rings (SSSR count). The smallest absolute Gasteiger partial charge is 0.306 e. The van der Waals surface area contributed by atoms with Crippen LogP contribution in [0.3, 0.4) is 0 Å². The number of benzene rings is 2. The molecule has 0 saturated heterocycles. The molecule has 0 N–H and O–H groups in total. The topological polar surface area (TPSA) is 50.1 Å². The number of esters is 1. The van der Waals surface area contributed by atoms with E-state index in [4.69, 9.17) is 4.74 Å². The maximum atomic E-state index is 13.7. The van der Waals surface area contributed by atoms with Gasteiger partial charge >= 0.3 is 5.97 Å². The average Bonchev–Trinajstić information content (AvgIpc) is 2.54. The molecule has 0 bridgehead atoms. The normalized spacial score (nSPS) is 13.0. The van der Waals surface area contributed by atoms with Crippen LogP contribution >= 0.6 is 15.9 Å². The predicted molar refractivity (Wildman–Crippen MR) is 88.3 cm³/mol. The van der Waals surface area contributed by atoms with E-state index in [0.29, 0.717) is 10.0 Å². The minimum Gasteiger partial charge on any atom is -0.469 e. The van der Waals surface area contributed by atoms with Crippen molar-refractivity contribution >= 4 is 21.9 Å². The number of hydrogen-bond acceptors (Lipinski definition) is 3. The summed E-state index contributed by atoms with van der Waals surface area (Å²) in [5.41, 5.74) is 1.36. The van der Waals surface area contributed by atoms with Gasteiger partial charge in [-0.05, 0) is 29.3 Å². The van der Waals surface area contributed by atoms with Crippen LogP contribution in [0.4, 0.5) is 4.39 Å². The number of carbonyl (C=O) groups excluding carboxylic acids is 1. The summed E-state index contributed by atoms with van der Waals surface area (Å²) in [6.45, 7) is 0. The fourth-order valence-corrected chi connectivity index (χ4v) is 3.02. The minimum atomic E-state index is -0.580. The number of ether oxygens (including phenoxy) is 1. The highest BCUT2D eigenvalue weighted by atomic mass is 79.9. The van der Waals surface area contributed by atoms with Crippen LogP contribution in [0.2, 0.25) is 0 Å². The van der Waals surface area contributed by atoms with Crippen molar-refractivity contribution in [3.05, 3.63) is 69.9 Å². The van der Waals surface area contributed by atoms with Crippen LogP contribution in [-0.2, 0) is 9.53 Å². The molecule has 0 aliphatic carbocycles. The zero-order valence-corrected chi connectivity index (χ0v) is 14.1. The second kappa shape index (κ2) is 7.89. The molecule has 0 aliphatic heterocycles. The molecule has 2 atom stereocenters. The SMILES string of the molecule is COC(=O)CC(c1cc(F)cc(Br)c1)C(C#N)c1ccccc1. The van der Waals surface area contributed by atoms with Crippen LogP contribution in [-0.4, -0.2) is 13.1 Å². The summed E-state index contributed by atoms with van der Waals surface area (Å²) < 4.78 is 19.0. The molecule has 5 heteroatoms.